The summed E-state index contributed by atoms with van der Waals surface area (Å²) in [6, 6.07) is 0. The van der Waals surface area contributed by atoms with Crippen LogP contribution < -0.4 is 0 Å². The minimum Gasteiger partial charge on any atom is -0.469 e. The molecule has 1 aliphatic carbocycles. The van der Waals surface area contributed by atoms with E-state index in [1.54, 1.807) is 30.9 Å². The summed E-state index contributed by atoms with van der Waals surface area (Å²) in [6.45, 7) is 3.76. The first-order valence-electron chi connectivity index (χ1n) is 7.29. The quantitative estimate of drug-likeness (QED) is 0.816. The van der Waals surface area contributed by atoms with Crippen LogP contribution in [0.1, 0.15) is 45.1 Å². The van der Waals surface area contributed by atoms with Crippen LogP contribution >= 0.6 is 0 Å². The predicted octanol–water partition coefficient (Wildman–Crippen LogP) is 1.20. The molecule has 0 radical (unpaired) electrons. The average Bonchev–Trinajstić information content (AvgIpc) is 2.85. The number of hydrogen-bond donors (Lipinski definition) is 2. The van der Waals surface area contributed by atoms with Gasteiger partial charge in [-0.1, -0.05) is 0 Å². The average molecular weight is 296 g/mol. The van der Waals surface area contributed by atoms with Gasteiger partial charge in [0, 0.05) is 11.8 Å². The van der Waals surface area contributed by atoms with E-state index in [9.17, 15) is 15.0 Å². The SMILES string of the molecule is COC(=O)C1CCCC(O)(c2cnn(CC(C)(C)O)c2)C1. The summed E-state index contributed by atoms with van der Waals surface area (Å²) in [5, 5.41) is 24.9. The van der Waals surface area contributed by atoms with Crippen molar-refractivity contribution in [1.29, 1.82) is 0 Å². The van der Waals surface area contributed by atoms with Crippen molar-refractivity contribution in [2.45, 2.75) is 57.3 Å². The largest absolute Gasteiger partial charge is 0.469 e. The lowest BCUT2D eigenvalue weighted by Crippen LogP contribution is -2.35. The second kappa shape index (κ2) is 5.77. The number of rotatable bonds is 4. The third-order valence-corrected chi connectivity index (χ3v) is 3.98. The van der Waals surface area contributed by atoms with Gasteiger partial charge in [-0.3, -0.25) is 9.48 Å². The second-order valence-corrected chi connectivity index (χ2v) is 6.59. The highest BCUT2D eigenvalue weighted by Gasteiger charge is 2.40. The molecule has 1 saturated carbocycles. The summed E-state index contributed by atoms with van der Waals surface area (Å²) >= 11 is 0. The summed E-state index contributed by atoms with van der Waals surface area (Å²) in [5.41, 5.74) is -1.22. The summed E-state index contributed by atoms with van der Waals surface area (Å²) in [4.78, 5) is 11.7. The molecular formula is C15H24N2O4. The molecule has 0 aliphatic heterocycles. The Labute approximate surface area is 124 Å². The van der Waals surface area contributed by atoms with E-state index in [4.69, 9.17) is 4.74 Å². The van der Waals surface area contributed by atoms with Crippen LogP contribution in [0.2, 0.25) is 0 Å². The van der Waals surface area contributed by atoms with Crippen LogP contribution in [0.4, 0.5) is 0 Å². The molecule has 2 N–H and O–H groups in total. The van der Waals surface area contributed by atoms with Gasteiger partial charge in [0.05, 0.1) is 37.0 Å². The highest BCUT2D eigenvalue weighted by atomic mass is 16.5. The van der Waals surface area contributed by atoms with Crippen molar-refractivity contribution in [2.75, 3.05) is 7.11 Å². The number of aliphatic hydroxyl groups is 2. The summed E-state index contributed by atoms with van der Waals surface area (Å²) in [6.07, 6.45) is 5.84. The maximum Gasteiger partial charge on any atom is 0.308 e. The van der Waals surface area contributed by atoms with Crippen LogP contribution in [0.25, 0.3) is 0 Å². The van der Waals surface area contributed by atoms with Crippen LogP contribution in [0.5, 0.6) is 0 Å². The van der Waals surface area contributed by atoms with E-state index in [0.29, 0.717) is 24.9 Å². The number of ether oxygens (including phenoxy) is 1. The number of nitrogens with zero attached hydrogens (tertiary/aromatic N) is 2. The van der Waals surface area contributed by atoms with Gasteiger partial charge in [-0.2, -0.15) is 5.10 Å². The van der Waals surface area contributed by atoms with E-state index in [1.807, 2.05) is 0 Å². The van der Waals surface area contributed by atoms with Gasteiger partial charge in [0.15, 0.2) is 0 Å². The van der Waals surface area contributed by atoms with Crippen LogP contribution in [-0.4, -0.2) is 38.7 Å². The first kappa shape index (κ1) is 16.0. The Morgan fingerprint density at radius 2 is 2.33 bits per heavy atom. The van der Waals surface area contributed by atoms with Gasteiger partial charge in [-0.15, -0.1) is 0 Å². The monoisotopic (exact) mass is 296 g/mol. The highest BCUT2D eigenvalue weighted by Crippen LogP contribution is 2.40. The normalized spacial score (nSPS) is 26.6. The minimum atomic E-state index is -1.05. The maximum absolute atomic E-state index is 11.7. The molecular weight excluding hydrogens is 272 g/mol. The molecule has 6 nitrogen and oxygen atoms in total. The van der Waals surface area contributed by atoms with Gasteiger partial charge in [-0.05, 0) is 39.5 Å². The van der Waals surface area contributed by atoms with Crippen LogP contribution in [0, 0.1) is 5.92 Å². The Hall–Kier alpha value is -1.40. The van der Waals surface area contributed by atoms with Crippen molar-refractivity contribution < 1.29 is 19.7 Å². The first-order valence-corrected chi connectivity index (χ1v) is 7.29. The van der Waals surface area contributed by atoms with Gasteiger partial charge in [-0.25, -0.2) is 0 Å². The van der Waals surface area contributed by atoms with E-state index in [2.05, 4.69) is 5.10 Å². The standard InChI is InChI=1S/C15H24N2O4/c1-14(2,19)10-17-9-12(8-16-17)15(20)6-4-5-11(7-15)13(18)21-3/h8-9,11,19-20H,4-7,10H2,1-3H3. The molecule has 0 bridgehead atoms. The molecule has 0 spiro atoms. The van der Waals surface area contributed by atoms with Crippen molar-refractivity contribution in [3.63, 3.8) is 0 Å². The van der Waals surface area contributed by atoms with Crippen molar-refractivity contribution >= 4 is 5.97 Å². The predicted molar refractivity (Wildman–Crippen MR) is 76.4 cm³/mol. The Bertz CT molecular complexity index is 506. The van der Waals surface area contributed by atoms with Crippen LogP contribution in [0.3, 0.4) is 0 Å². The molecule has 2 rings (SSSR count). The third-order valence-electron chi connectivity index (χ3n) is 3.98. The zero-order valence-corrected chi connectivity index (χ0v) is 12.9. The van der Waals surface area contributed by atoms with Gasteiger partial charge in [0.2, 0.25) is 0 Å². The zero-order valence-electron chi connectivity index (χ0n) is 12.9. The molecule has 0 saturated heterocycles. The Morgan fingerprint density at radius 3 is 2.95 bits per heavy atom. The van der Waals surface area contributed by atoms with E-state index in [-0.39, 0.29) is 11.9 Å². The summed E-state index contributed by atoms with van der Waals surface area (Å²) in [7, 11) is 1.37. The molecule has 0 aromatic carbocycles. The number of carbonyl (C=O) groups is 1. The highest BCUT2D eigenvalue weighted by molar-refractivity contribution is 5.72. The van der Waals surface area contributed by atoms with E-state index in [1.165, 1.54) is 7.11 Å². The smallest absolute Gasteiger partial charge is 0.308 e. The lowest BCUT2D eigenvalue weighted by Gasteiger charge is -2.35. The number of hydrogen-bond acceptors (Lipinski definition) is 5. The van der Waals surface area contributed by atoms with Crippen LogP contribution in [0.15, 0.2) is 12.4 Å². The molecule has 1 aliphatic rings. The molecule has 2 unspecified atom stereocenters. The molecule has 118 valence electrons. The fourth-order valence-corrected chi connectivity index (χ4v) is 2.97. The molecule has 1 fully saturated rings. The van der Waals surface area contributed by atoms with Gasteiger partial charge in [0.1, 0.15) is 0 Å². The molecule has 1 aromatic heterocycles. The Balaban J connectivity index is 2.14. The van der Waals surface area contributed by atoms with Crippen molar-refractivity contribution in [3.8, 4) is 0 Å². The maximum atomic E-state index is 11.7. The number of methoxy groups -OCH3 is 1. The lowest BCUT2D eigenvalue weighted by atomic mass is 9.75. The molecule has 0 amide bonds. The third kappa shape index (κ3) is 3.83. The van der Waals surface area contributed by atoms with E-state index >= 15 is 0 Å². The lowest BCUT2D eigenvalue weighted by molar-refractivity contribution is -0.150. The Kier molecular flexibility index (Phi) is 4.39. The number of aromatic nitrogens is 2. The van der Waals surface area contributed by atoms with Crippen molar-refractivity contribution in [1.82, 2.24) is 9.78 Å². The Morgan fingerprint density at radius 1 is 1.62 bits per heavy atom. The van der Waals surface area contributed by atoms with Gasteiger partial charge >= 0.3 is 5.97 Å². The fourth-order valence-electron chi connectivity index (χ4n) is 2.97. The molecule has 21 heavy (non-hydrogen) atoms. The number of esters is 1. The summed E-state index contributed by atoms with van der Waals surface area (Å²) < 4.78 is 6.41. The van der Waals surface area contributed by atoms with Gasteiger partial charge < -0.3 is 14.9 Å². The van der Waals surface area contributed by atoms with E-state index in [0.717, 1.165) is 12.8 Å². The number of carbonyl (C=O) groups excluding carboxylic acids is 1. The molecule has 1 heterocycles. The molecule has 2 atom stereocenters. The molecule has 1 aromatic rings. The topological polar surface area (TPSA) is 84.6 Å². The minimum absolute atomic E-state index is 0.267. The van der Waals surface area contributed by atoms with Gasteiger partial charge in [0.25, 0.3) is 0 Å². The van der Waals surface area contributed by atoms with Crippen LogP contribution in [-0.2, 0) is 21.7 Å². The summed E-state index contributed by atoms with van der Waals surface area (Å²) in [5.74, 6) is -0.539. The van der Waals surface area contributed by atoms with E-state index < -0.39 is 11.2 Å². The van der Waals surface area contributed by atoms with Crippen molar-refractivity contribution in [2.24, 2.45) is 5.92 Å². The van der Waals surface area contributed by atoms with Crippen molar-refractivity contribution in [3.05, 3.63) is 18.0 Å². The second-order valence-electron chi connectivity index (χ2n) is 6.59. The fraction of sp³-hybridized carbons (Fsp3) is 0.733. The molecule has 6 heteroatoms. The zero-order chi connectivity index (χ0) is 15.7. The first-order chi connectivity index (χ1) is 9.73.